The summed E-state index contributed by atoms with van der Waals surface area (Å²) in [4.78, 5) is 29.3. The first-order chi connectivity index (χ1) is 14.7. The van der Waals surface area contributed by atoms with Crippen LogP contribution in [0.15, 0.2) is 0 Å². The minimum absolute atomic E-state index is 0.108. The van der Waals surface area contributed by atoms with Crippen molar-refractivity contribution >= 4 is 23.6 Å². The number of nitrogens with zero attached hydrogens (tertiary/aromatic N) is 2. The van der Waals surface area contributed by atoms with Crippen molar-refractivity contribution in [1.82, 2.24) is 9.80 Å². The van der Waals surface area contributed by atoms with Crippen molar-refractivity contribution in [2.45, 2.75) is 87.9 Å². The van der Waals surface area contributed by atoms with E-state index in [1.807, 2.05) is 20.1 Å². The van der Waals surface area contributed by atoms with Crippen LogP contribution in [0.1, 0.15) is 46.0 Å². The summed E-state index contributed by atoms with van der Waals surface area (Å²) in [5.41, 5.74) is 0. The van der Waals surface area contributed by atoms with Gasteiger partial charge in [0.05, 0.1) is 12.0 Å². The highest BCUT2D eigenvalue weighted by atomic mass is 32.2. The summed E-state index contributed by atoms with van der Waals surface area (Å²) in [5, 5.41) is -0.108. The Hall–Kier alpha value is -0.960. The second kappa shape index (κ2) is 10.3. The summed E-state index contributed by atoms with van der Waals surface area (Å²) in [6.07, 6.45) is -0.926. The van der Waals surface area contributed by atoms with Gasteiger partial charge in [0.1, 0.15) is 24.4 Å². The number of piperazine rings is 1. The number of ether oxygens (including phenoxy) is 1. The van der Waals surface area contributed by atoms with E-state index in [2.05, 4.69) is 0 Å². The molecule has 1 saturated heterocycles. The van der Waals surface area contributed by atoms with Crippen molar-refractivity contribution in [2.24, 2.45) is 11.8 Å². The SMILES string of the molecule is COC1CCC(C(=O)N2[C@H](C)CN(C(=O)C3C(F)CC(SC)CC3F)C[C@H]2C)C(F)C1. The third-order valence-electron chi connectivity index (χ3n) is 7.23. The van der Waals surface area contributed by atoms with Crippen LogP contribution in [0.3, 0.4) is 0 Å². The molecule has 0 radical (unpaired) electrons. The van der Waals surface area contributed by atoms with E-state index in [-0.39, 0.29) is 61.7 Å². The van der Waals surface area contributed by atoms with Gasteiger partial charge in [-0.1, -0.05) is 0 Å². The van der Waals surface area contributed by atoms with Crippen LogP contribution in [-0.4, -0.2) is 90.0 Å². The third-order valence-corrected chi connectivity index (χ3v) is 8.29. The van der Waals surface area contributed by atoms with Crippen LogP contribution >= 0.6 is 11.8 Å². The third kappa shape index (κ3) is 5.18. The number of hydrogen-bond acceptors (Lipinski definition) is 4. The minimum Gasteiger partial charge on any atom is -0.381 e. The highest BCUT2D eigenvalue weighted by Crippen LogP contribution is 2.37. The molecule has 1 aliphatic heterocycles. The fourth-order valence-electron chi connectivity index (χ4n) is 5.53. The molecule has 5 nitrogen and oxygen atoms in total. The van der Waals surface area contributed by atoms with Gasteiger partial charge in [0.25, 0.3) is 0 Å². The smallest absolute Gasteiger partial charge is 0.231 e. The van der Waals surface area contributed by atoms with E-state index in [4.69, 9.17) is 4.74 Å². The second-order valence-corrected chi connectivity index (χ2v) is 10.5. The van der Waals surface area contributed by atoms with Gasteiger partial charge in [-0.05, 0) is 45.8 Å². The van der Waals surface area contributed by atoms with E-state index in [9.17, 15) is 22.8 Å². The standard InChI is InChI=1S/C22H35F3N2O3S/c1-12-10-26(22(29)20-18(24)8-15(31-4)9-19(20)25)11-13(2)27(12)21(28)16-6-5-14(30-3)7-17(16)23/h12-20H,5-11H2,1-4H3/t12-,13-,14?,15?,16?,17?,18?,19?,20?/m1/s1. The Morgan fingerprint density at radius 2 is 1.48 bits per heavy atom. The van der Waals surface area contributed by atoms with Gasteiger partial charge in [0.15, 0.2) is 0 Å². The zero-order chi connectivity index (χ0) is 22.9. The van der Waals surface area contributed by atoms with Crippen molar-refractivity contribution < 1.29 is 27.5 Å². The number of alkyl halides is 3. The molecule has 0 aromatic carbocycles. The topological polar surface area (TPSA) is 49.9 Å². The Balaban J connectivity index is 1.64. The fraction of sp³-hybridized carbons (Fsp3) is 0.909. The summed E-state index contributed by atoms with van der Waals surface area (Å²) >= 11 is 1.43. The number of thioether (sulfide) groups is 1. The lowest BCUT2D eigenvalue weighted by molar-refractivity contribution is -0.156. The van der Waals surface area contributed by atoms with Crippen molar-refractivity contribution in [3.63, 3.8) is 0 Å². The van der Waals surface area contributed by atoms with Gasteiger partial charge >= 0.3 is 0 Å². The Kier molecular flexibility index (Phi) is 8.21. The first kappa shape index (κ1) is 24.7. The predicted octanol–water partition coefficient (Wildman–Crippen LogP) is 3.41. The molecule has 9 heteroatoms. The van der Waals surface area contributed by atoms with Gasteiger partial charge in [0, 0.05) is 44.0 Å². The Morgan fingerprint density at radius 1 is 0.903 bits per heavy atom. The molecule has 31 heavy (non-hydrogen) atoms. The van der Waals surface area contributed by atoms with Crippen LogP contribution in [0.4, 0.5) is 13.2 Å². The molecular formula is C22H35F3N2O3S. The number of methoxy groups -OCH3 is 1. The molecule has 5 unspecified atom stereocenters. The van der Waals surface area contributed by atoms with Gasteiger partial charge in [-0.2, -0.15) is 11.8 Å². The maximum absolute atomic E-state index is 14.7. The zero-order valence-electron chi connectivity index (χ0n) is 18.8. The van der Waals surface area contributed by atoms with Crippen molar-refractivity contribution in [3.05, 3.63) is 0 Å². The van der Waals surface area contributed by atoms with Crippen LogP contribution < -0.4 is 0 Å². The number of halogens is 3. The quantitative estimate of drug-likeness (QED) is 0.640. The van der Waals surface area contributed by atoms with Gasteiger partial charge in [0.2, 0.25) is 11.8 Å². The van der Waals surface area contributed by atoms with Crippen LogP contribution in [0.25, 0.3) is 0 Å². The fourth-order valence-corrected chi connectivity index (χ4v) is 6.28. The molecule has 0 N–H and O–H groups in total. The maximum Gasteiger partial charge on any atom is 0.231 e. The van der Waals surface area contributed by atoms with Crippen LogP contribution in [0.5, 0.6) is 0 Å². The molecule has 0 spiro atoms. The Bertz CT molecular complexity index is 633. The lowest BCUT2D eigenvalue weighted by atomic mass is 9.83. The molecule has 2 aliphatic carbocycles. The van der Waals surface area contributed by atoms with Crippen LogP contribution in [0, 0.1) is 11.8 Å². The van der Waals surface area contributed by atoms with Gasteiger partial charge in [-0.25, -0.2) is 13.2 Å². The van der Waals surface area contributed by atoms with E-state index in [0.29, 0.717) is 12.8 Å². The van der Waals surface area contributed by atoms with E-state index in [1.54, 1.807) is 12.0 Å². The molecule has 2 amide bonds. The summed E-state index contributed by atoms with van der Waals surface area (Å²) in [5.74, 6) is -2.72. The lowest BCUT2D eigenvalue weighted by Crippen LogP contribution is -2.63. The molecule has 1 heterocycles. The lowest BCUT2D eigenvalue weighted by Gasteiger charge is -2.47. The van der Waals surface area contributed by atoms with Gasteiger partial charge < -0.3 is 14.5 Å². The van der Waals surface area contributed by atoms with Crippen LogP contribution in [-0.2, 0) is 14.3 Å². The Labute approximate surface area is 187 Å². The zero-order valence-corrected chi connectivity index (χ0v) is 19.6. The number of rotatable bonds is 4. The molecule has 0 bridgehead atoms. The first-order valence-corrected chi connectivity index (χ1v) is 12.5. The van der Waals surface area contributed by atoms with E-state index in [0.717, 1.165) is 0 Å². The predicted molar refractivity (Wildman–Crippen MR) is 115 cm³/mol. The van der Waals surface area contributed by atoms with Crippen molar-refractivity contribution in [2.75, 3.05) is 26.5 Å². The maximum atomic E-state index is 14.7. The first-order valence-electron chi connectivity index (χ1n) is 11.3. The molecular weight excluding hydrogens is 429 g/mol. The van der Waals surface area contributed by atoms with Crippen molar-refractivity contribution in [3.8, 4) is 0 Å². The minimum atomic E-state index is -1.50. The average molecular weight is 465 g/mol. The monoisotopic (exact) mass is 464 g/mol. The van der Waals surface area contributed by atoms with Gasteiger partial charge in [-0.15, -0.1) is 0 Å². The van der Waals surface area contributed by atoms with E-state index in [1.165, 1.54) is 16.7 Å². The molecule has 7 atom stereocenters. The molecule has 178 valence electrons. The molecule has 2 saturated carbocycles. The number of carbonyl (C=O) groups excluding carboxylic acids is 2. The molecule has 3 fully saturated rings. The summed E-state index contributed by atoms with van der Waals surface area (Å²) in [6, 6.07) is -0.683. The van der Waals surface area contributed by atoms with Crippen LogP contribution in [0.2, 0.25) is 0 Å². The summed E-state index contributed by atoms with van der Waals surface area (Å²) < 4.78 is 49.2. The molecule has 3 aliphatic rings. The van der Waals surface area contributed by atoms with E-state index >= 15 is 0 Å². The van der Waals surface area contributed by atoms with Gasteiger partial charge in [-0.3, -0.25) is 9.59 Å². The summed E-state index contributed by atoms with van der Waals surface area (Å²) in [7, 11) is 1.55. The molecule has 0 aromatic rings. The largest absolute Gasteiger partial charge is 0.381 e. The number of amides is 2. The second-order valence-electron chi connectivity index (χ2n) is 9.37. The van der Waals surface area contributed by atoms with Crippen molar-refractivity contribution in [1.29, 1.82) is 0 Å². The molecule has 3 rings (SSSR count). The van der Waals surface area contributed by atoms with E-state index < -0.39 is 36.3 Å². The summed E-state index contributed by atoms with van der Waals surface area (Å²) in [6.45, 7) is 4.04. The Morgan fingerprint density at radius 3 is 1.97 bits per heavy atom. The normalized spacial score (nSPS) is 41.8. The average Bonchev–Trinajstić information content (AvgIpc) is 2.72. The highest BCUT2D eigenvalue weighted by molar-refractivity contribution is 7.99. The highest BCUT2D eigenvalue weighted by Gasteiger charge is 2.47. The number of carbonyl (C=O) groups is 2. The molecule has 0 aromatic heterocycles. The number of hydrogen-bond donors (Lipinski definition) is 0.